The Morgan fingerprint density at radius 3 is 2.57 bits per heavy atom. The molecule has 0 unspecified atom stereocenters. The summed E-state index contributed by atoms with van der Waals surface area (Å²) < 4.78 is 5.79. The van der Waals surface area contributed by atoms with Crippen LogP contribution in [0.4, 0.5) is 0 Å². The third kappa shape index (κ3) is 7.88. The number of benzene rings is 1. The van der Waals surface area contributed by atoms with E-state index in [1.54, 1.807) is 0 Å². The van der Waals surface area contributed by atoms with Crippen molar-refractivity contribution in [1.29, 1.82) is 0 Å². The molecule has 0 fully saturated rings. The predicted molar refractivity (Wildman–Crippen MR) is 90.8 cm³/mol. The number of rotatable bonds is 11. The van der Waals surface area contributed by atoms with Crippen molar-refractivity contribution in [2.75, 3.05) is 32.8 Å². The van der Waals surface area contributed by atoms with Crippen LogP contribution < -0.4 is 10.1 Å². The second-order valence-electron chi connectivity index (χ2n) is 5.70. The highest BCUT2D eigenvalue weighted by Crippen LogP contribution is 2.12. The Balaban J connectivity index is 2.28. The fourth-order valence-electron chi connectivity index (χ4n) is 2.06. The van der Waals surface area contributed by atoms with Crippen LogP contribution in [0.3, 0.4) is 0 Å². The van der Waals surface area contributed by atoms with Crippen molar-refractivity contribution < 1.29 is 4.74 Å². The summed E-state index contributed by atoms with van der Waals surface area (Å²) in [5, 5.41) is 3.44. The molecule has 0 saturated heterocycles. The van der Waals surface area contributed by atoms with Crippen molar-refractivity contribution in [3.05, 3.63) is 42.5 Å². The van der Waals surface area contributed by atoms with E-state index >= 15 is 0 Å². The molecular weight excluding hydrogens is 260 g/mol. The van der Waals surface area contributed by atoms with Crippen molar-refractivity contribution in [2.45, 2.75) is 27.3 Å². The monoisotopic (exact) mass is 290 g/mol. The lowest BCUT2D eigenvalue weighted by Gasteiger charge is -2.18. The highest BCUT2D eigenvalue weighted by atomic mass is 16.5. The van der Waals surface area contributed by atoms with Crippen molar-refractivity contribution >= 4 is 0 Å². The van der Waals surface area contributed by atoms with Gasteiger partial charge in [-0.1, -0.05) is 39.0 Å². The number of nitrogens with zero attached hydrogens (tertiary/aromatic N) is 1. The van der Waals surface area contributed by atoms with Gasteiger partial charge in [-0.2, -0.15) is 0 Å². The maximum Gasteiger partial charge on any atom is 0.119 e. The van der Waals surface area contributed by atoms with Crippen LogP contribution in [-0.2, 0) is 6.54 Å². The molecule has 0 aliphatic heterocycles. The Morgan fingerprint density at radius 1 is 1.29 bits per heavy atom. The lowest BCUT2D eigenvalue weighted by atomic mass is 10.2. The third-order valence-corrected chi connectivity index (χ3v) is 3.32. The van der Waals surface area contributed by atoms with Gasteiger partial charge in [0, 0.05) is 19.6 Å². The van der Waals surface area contributed by atoms with Crippen LogP contribution in [-0.4, -0.2) is 37.7 Å². The fraction of sp³-hybridized carbons (Fsp3) is 0.556. The van der Waals surface area contributed by atoms with E-state index in [9.17, 15) is 0 Å². The van der Waals surface area contributed by atoms with Crippen molar-refractivity contribution in [2.24, 2.45) is 5.92 Å². The van der Waals surface area contributed by atoms with Crippen LogP contribution in [0.25, 0.3) is 0 Å². The van der Waals surface area contributed by atoms with Gasteiger partial charge in [0.05, 0.1) is 0 Å². The minimum atomic E-state index is 0.685. The van der Waals surface area contributed by atoms with Gasteiger partial charge in [0.1, 0.15) is 12.4 Å². The molecule has 0 heterocycles. The summed E-state index contributed by atoms with van der Waals surface area (Å²) in [6, 6.07) is 8.36. The molecule has 1 N–H and O–H groups in total. The number of hydrogen-bond acceptors (Lipinski definition) is 3. The van der Waals surface area contributed by atoms with Crippen molar-refractivity contribution in [3.63, 3.8) is 0 Å². The number of hydrogen-bond donors (Lipinski definition) is 1. The van der Waals surface area contributed by atoms with Gasteiger partial charge in [-0.15, -0.1) is 6.58 Å². The minimum absolute atomic E-state index is 0.685. The molecule has 1 rings (SSSR count). The Labute approximate surface area is 130 Å². The second-order valence-corrected chi connectivity index (χ2v) is 5.70. The predicted octanol–water partition coefficient (Wildman–Crippen LogP) is 3.32. The maximum atomic E-state index is 5.79. The molecule has 0 bridgehead atoms. The maximum absolute atomic E-state index is 5.79. The van der Waals surface area contributed by atoms with Gasteiger partial charge < -0.3 is 10.1 Å². The molecule has 0 aliphatic rings. The first-order valence-corrected chi connectivity index (χ1v) is 7.91. The van der Waals surface area contributed by atoms with Gasteiger partial charge in [-0.25, -0.2) is 0 Å². The SMILES string of the molecule is C=CCN(CC)CCOc1ccc(CNCC(C)C)cc1. The van der Waals surface area contributed by atoms with E-state index in [4.69, 9.17) is 4.74 Å². The van der Waals surface area contributed by atoms with E-state index in [0.717, 1.165) is 38.5 Å². The quantitative estimate of drug-likeness (QED) is 0.633. The molecule has 0 aliphatic carbocycles. The fourth-order valence-corrected chi connectivity index (χ4v) is 2.06. The zero-order valence-electron chi connectivity index (χ0n) is 13.8. The van der Waals surface area contributed by atoms with E-state index < -0.39 is 0 Å². The highest BCUT2D eigenvalue weighted by Gasteiger charge is 2.01. The molecule has 0 radical (unpaired) electrons. The van der Waals surface area contributed by atoms with E-state index in [-0.39, 0.29) is 0 Å². The molecule has 0 amide bonds. The average Bonchev–Trinajstić information content (AvgIpc) is 2.47. The smallest absolute Gasteiger partial charge is 0.119 e. The van der Waals surface area contributed by atoms with Crippen molar-refractivity contribution in [1.82, 2.24) is 10.2 Å². The molecule has 118 valence electrons. The number of ether oxygens (including phenoxy) is 1. The summed E-state index contributed by atoms with van der Waals surface area (Å²) in [5.74, 6) is 1.63. The van der Waals surface area contributed by atoms with Gasteiger partial charge in [0.2, 0.25) is 0 Å². The van der Waals surface area contributed by atoms with Crippen LogP contribution in [0.5, 0.6) is 5.75 Å². The van der Waals surface area contributed by atoms with Gasteiger partial charge in [0.25, 0.3) is 0 Å². The molecular formula is C18H30N2O. The Hall–Kier alpha value is -1.32. The summed E-state index contributed by atoms with van der Waals surface area (Å²) in [6.07, 6.45) is 1.93. The Kier molecular flexibility index (Phi) is 8.79. The molecule has 0 aromatic heterocycles. The lowest BCUT2D eigenvalue weighted by Crippen LogP contribution is -2.28. The number of likely N-dealkylation sites (N-methyl/N-ethyl adjacent to an activating group) is 1. The Bertz CT molecular complexity index is 387. The van der Waals surface area contributed by atoms with E-state index in [0.29, 0.717) is 12.5 Å². The highest BCUT2D eigenvalue weighted by molar-refractivity contribution is 5.27. The van der Waals surface area contributed by atoms with Crippen molar-refractivity contribution in [3.8, 4) is 5.75 Å². The van der Waals surface area contributed by atoms with Crippen LogP contribution in [0.2, 0.25) is 0 Å². The zero-order chi connectivity index (χ0) is 15.5. The summed E-state index contributed by atoms with van der Waals surface area (Å²) >= 11 is 0. The molecule has 3 heteroatoms. The molecule has 1 aromatic carbocycles. The molecule has 0 saturated carbocycles. The summed E-state index contributed by atoms with van der Waals surface area (Å²) in [5.41, 5.74) is 1.30. The molecule has 21 heavy (non-hydrogen) atoms. The second kappa shape index (κ2) is 10.4. The largest absolute Gasteiger partial charge is 0.492 e. The third-order valence-electron chi connectivity index (χ3n) is 3.32. The van der Waals surface area contributed by atoms with Gasteiger partial charge >= 0.3 is 0 Å². The van der Waals surface area contributed by atoms with Gasteiger partial charge in [-0.3, -0.25) is 4.90 Å². The minimum Gasteiger partial charge on any atom is -0.492 e. The summed E-state index contributed by atoms with van der Waals surface area (Å²) in [6.45, 7) is 15.9. The molecule has 0 atom stereocenters. The van der Waals surface area contributed by atoms with Crippen LogP contribution >= 0.6 is 0 Å². The van der Waals surface area contributed by atoms with Gasteiger partial charge in [0.15, 0.2) is 0 Å². The van der Waals surface area contributed by atoms with E-state index in [1.807, 2.05) is 6.08 Å². The van der Waals surface area contributed by atoms with Gasteiger partial charge in [-0.05, 0) is 36.7 Å². The lowest BCUT2D eigenvalue weighted by molar-refractivity contribution is 0.229. The van der Waals surface area contributed by atoms with Crippen LogP contribution in [0, 0.1) is 5.92 Å². The molecule has 3 nitrogen and oxygen atoms in total. The zero-order valence-corrected chi connectivity index (χ0v) is 13.8. The first-order chi connectivity index (χ1) is 10.2. The van der Waals surface area contributed by atoms with E-state index in [1.165, 1.54) is 5.56 Å². The summed E-state index contributed by atoms with van der Waals surface area (Å²) in [4.78, 5) is 2.30. The Morgan fingerprint density at radius 2 is 2.00 bits per heavy atom. The standard InChI is InChI=1S/C18H30N2O/c1-5-11-20(6-2)12-13-21-18-9-7-17(8-10-18)15-19-14-16(3)4/h5,7-10,16,19H,1,6,11-15H2,2-4H3. The molecule has 0 spiro atoms. The first kappa shape index (κ1) is 17.7. The summed E-state index contributed by atoms with van der Waals surface area (Å²) in [7, 11) is 0. The van der Waals surface area contributed by atoms with Crippen LogP contribution in [0.15, 0.2) is 36.9 Å². The average molecular weight is 290 g/mol. The molecule has 1 aromatic rings. The topological polar surface area (TPSA) is 24.5 Å². The first-order valence-electron chi connectivity index (χ1n) is 7.91. The van der Waals surface area contributed by atoms with E-state index in [2.05, 4.69) is 61.8 Å². The van der Waals surface area contributed by atoms with Crippen LogP contribution in [0.1, 0.15) is 26.3 Å². The normalized spacial score (nSPS) is 11.1. The number of nitrogens with one attached hydrogen (secondary N) is 1.